The highest BCUT2D eigenvalue weighted by atomic mass is 35.5. The minimum Gasteiger partial charge on any atom is -0.266 e. The first-order valence-corrected chi connectivity index (χ1v) is 9.01. The van der Waals surface area contributed by atoms with Gasteiger partial charge in [0.15, 0.2) is 0 Å². The van der Waals surface area contributed by atoms with E-state index in [1.165, 1.54) is 0 Å². The first-order valence-electron chi connectivity index (χ1n) is 6.50. The number of benzene rings is 1. The Morgan fingerprint density at radius 3 is 3.00 bits per heavy atom. The fourth-order valence-electron chi connectivity index (χ4n) is 1.94. The molecule has 1 aliphatic rings. The third kappa shape index (κ3) is 3.58. The normalized spacial score (nSPS) is 14.2. The molecule has 1 N–H and O–H groups in total. The summed E-state index contributed by atoms with van der Waals surface area (Å²) < 4.78 is 3.72. The maximum absolute atomic E-state index is 11.9. The molecule has 5 nitrogen and oxygen atoms in total. The van der Waals surface area contributed by atoms with Gasteiger partial charge in [0.1, 0.15) is 4.88 Å². The highest BCUT2D eigenvalue weighted by molar-refractivity contribution is 7.99. The Balaban J connectivity index is 1.76. The minimum absolute atomic E-state index is 0.336. The molecule has 0 unspecified atom stereocenters. The molecule has 0 bridgehead atoms. The van der Waals surface area contributed by atoms with Gasteiger partial charge in [0.25, 0.3) is 5.91 Å². The van der Waals surface area contributed by atoms with Crippen molar-refractivity contribution in [1.29, 1.82) is 0 Å². The van der Waals surface area contributed by atoms with Gasteiger partial charge in [0, 0.05) is 26.8 Å². The molecule has 2 heterocycles. The summed E-state index contributed by atoms with van der Waals surface area (Å²) in [5, 5.41) is 8.99. The molecule has 0 atom stereocenters. The standard InChI is InChI=1S/C14H10Cl2N4OS2/c1-7-13(23-20-18-7)14(21)19-17-5-8-6-22-11-3-2-9(15)4-10(11)12(8)16/h2-5H,6H2,1H3,(H,19,21)/b17-5-. The Hall–Kier alpha value is -1.41. The molecule has 3 rings (SSSR count). The van der Waals surface area contributed by atoms with E-state index in [0.29, 0.717) is 26.4 Å². The molecule has 9 heteroatoms. The van der Waals surface area contributed by atoms with E-state index in [9.17, 15) is 4.79 Å². The Morgan fingerprint density at radius 1 is 1.43 bits per heavy atom. The van der Waals surface area contributed by atoms with Crippen LogP contribution in [0.1, 0.15) is 20.9 Å². The topological polar surface area (TPSA) is 67.2 Å². The fraction of sp³-hybridized carbons (Fsp3) is 0.143. The molecule has 2 aromatic rings. The monoisotopic (exact) mass is 384 g/mol. The van der Waals surface area contributed by atoms with Gasteiger partial charge >= 0.3 is 0 Å². The van der Waals surface area contributed by atoms with Crippen LogP contribution in [0, 0.1) is 6.92 Å². The van der Waals surface area contributed by atoms with E-state index in [-0.39, 0.29) is 5.91 Å². The summed E-state index contributed by atoms with van der Waals surface area (Å²) in [5.74, 6) is 0.339. The van der Waals surface area contributed by atoms with Crippen molar-refractivity contribution in [3.05, 3.63) is 44.9 Å². The first-order chi connectivity index (χ1) is 11.1. The molecule has 1 aromatic carbocycles. The van der Waals surface area contributed by atoms with Crippen LogP contribution < -0.4 is 5.43 Å². The lowest BCUT2D eigenvalue weighted by Crippen LogP contribution is -2.17. The lowest BCUT2D eigenvalue weighted by atomic mass is 10.1. The van der Waals surface area contributed by atoms with Crippen LogP contribution in [0.3, 0.4) is 0 Å². The SMILES string of the molecule is Cc1nnsc1C(=O)N/N=C\C1=C(Cl)c2cc(Cl)ccc2SC1. The number of amides is 1. The van der Waals surface area contributed by atoms with Crippen LogP contribution in [0.4, 0.5) is 0 Å². The molecular formula is C14H10Cl2N4OS2. The smallest absolute Gasteiger partial charge is 0.266 e. The lowest BCUT2D eigenvalue weighted by molar-refractivity contribution is 0.0958. The van der Waals surface area contributed by atoms with Crippen molar-refractivity contribution in [3.63, 3.8) is 0 Å². The van der Waals surface area contributed by atoms with E-state index < -0.39 is 0 Å². The zero-order valence-corrected chi connectivity index (χ0v) is 15.0. The van der Waals surface area contributed by atoms with Crippen LogP contribution in [0.25, 0.3) is 5.03 Å². The zero-order valence-electron chi connectivity index (χ0n) is 11.8. The number of nitrogens with one attached hydrogen (secondary N) is 1. The molecule has 0 saturated heterocycles. The number of fused-ring (bicyclic) bond motifs is 1. The predicted octanol–water partition coefficient (Wildman–Crippen LogP) is 3.97. The molecule has 0 aliphatic carbocycles. The molecule has 1 amide bonds. The average Bonchev–Trinajstić information content (AvgIpc) is 2.96. The Kier molecular flexibility index (Phi) is 5.01. The van der Waals surface area contributed by atoms with Crippen LogP contribution in [0.15, 0.2) is 33.8 Å². The van der Waals surface area contributed by atoms with Crippen molar-refractivity contribution in [2.45, 2.75) is 11.8 Å². The summed E-state index contributed by atoms with van der Waals surface area (Å²) in [6.07, 6.45) is 1.56. The molecule has 0 radical (unpaired) electrons. The van der Waals surface area contributed by atoms with Gasteiger partial charge in [0.05, 0.1) is 16.9 Å². The van der Waals surface area contributed by atoms with Gasteiger partial charge in [-0.3, -0.25) is 4.79 Å². The predicted molar refractivity (Wildman–Crippen MR) is 95.6 cm³/mol. The molecular weight excluding hydrogens is 375 g/mol. The van der Waals surface area contributed by atoms with Crippen molar-refractivity contribution in [3.8, 4) is 0 Å². The van der Waals surface area contributed by atoms with Gasteiger partial charge in [0.2, 0.25) is 0 Å². The minimum atomic E-state index is -0.336. The van der Waals surface area contributed by atoms with E-state index in [0.717, 1.165) is 27.6 Å². The molecule has 118 valence electrons. The Labute approximate surface area is 150 Å². The highest BCUT2D eigenvalue weighted by Gasteiger charge is 2.18. The van der Waals surface area contributed by atoms with E-state index in [1.54, 1.807) is 24.9 Å². The van der Waals surface area contributed by atoms with Crippen LogP contribution in [0.5, 0.6) is 0 Å². The molecule has 1 aromatic heterocycles. The Morgan fingerprint density at radius 2 is 2.26 bits per heavy atom. The summed E-state index contributed by atoms with van der Waals surface area (Å²) in [4.78, 5) is 13.4. The van der Waals surface area contributed by atoms with Crippen molar-refractivity contribution in [2.75, 3.05) is 5.75 Å². The van der Waals surface area contributed by atoms with E-state index in [2.05, 4.69) is 20.1 Å². The van der Waals surface area contributed by atoms with Gasteiger partial charge in [-0.15, -0.1) is 16.9 Å². The highest BCUT2D eigenvalue weighted by Crippen LogP contribution is 2.39. The molecule has 1 aliphatic heterocycles. The third-order valence-electron chi connectivity index (χ3n) is 3.09. The number of carbonyl (C=O) groups is 1. The number of hydrazone groups is 1. The van der Waals surface area contributed by atoms with Crippen molar-refractivity contribution < 1.29 is 4.79 Å². The van der Waals surface area contributed by atoms with Gasteiger partial charge in [-0.05, 0) is 36.7 Å². The fourth-order valence-corrected chi connectivity index (χ4v) is 4.08. The summed E-state index contributed by atoms with van der Waals surface area (Å²) in [6, 6.07) is 5.60. The van der Waals surface area contributed by atoms with E-state index in [4.69, 9.17) is 23.2 Å². The largest absolute Gasteiger partial charge is 0.285 e. The zero-order chi connectivity index (χ0) is 16.4. The van der Waals surface area contributed by atoms with Crippen LogP contribution in [-0.4, -0.2) is 27.5 Å². The number of hydrogen-bond acceptors (Lipinski definition) is 6. The number of aryl methyl sites for hydroxylation is 1. The van der Waals surface area contributed by atoms with Crippen LogP contribution in [0.2, 0.25) is 5.02 Å². The van der Waals surface area contributed by atoms with Crippen molar-refractivity contribution in [1.82, 2.24) is 15.0 Å². The van der Waals surface area contributed by atoms with Gasteiger partial charge in [-0.1, -0.05) is 27.7 Å². The summed E-state index contributed by atoms with van der Waals surface area (Å²) >= 11 is 15.1. The second-order valence-corrected chi connectivity index (χ2v) is 7.24. The number of hydrogen-bond donors (Lipinski definition) is 1. The Bertz CT molecular complexity index is 832. The summed E-state index contributed by atoms with van der Waals surface area (Å²) in [6.45, 7) is 1.72. The first kappa shape index (κ1) is 16.4. The average molecular weight is 385 g/mol. The number of thioether (sulfide) groups is 1. The summed E-state index contributed by atoms with van der Waals surface area (Å²) in [7, 11) is 0. The van der Waals surface area contributed by atoms with Gasteiger partial charge in [-0.2, -0.15) is 5.10 Å². The van der Waals surface area contributed by atoms with E-state index in [1.807, 2.05) is 18.2 Å². The molecule has 0 spiro atoms. The maximum Gasteiger partial charge on any atom is 0.285 e. The molecule has 0 fully saturated rings. The third-order valence-corrected chi connectivity index (χ3v) is 5.72. The van der Waals surface area contributed by atoms with Crippen LogP contribution >= 0.6 is 46.5 Å². The van der Waals surface area contributed by atoms with Gasteiger partial charge in [-0.25, -0.2) is 5.43 Å². The van der Waals surface area contributed by atoms with Crippen molar-refractivity contribution in [2.24, 2.45) is 5.10 Å². The number of carbonyl (C=O) groups excluding carboxylic acids is 1. The molecule has 23 heavy (non-hydrogen) atoms. The molecule has 0 saturated carbocycles. The summed E-state index contributed by atoms with van der Waals surface area (Å²) in [5.41, 5.74) is 4.75. The number of rotatable bonds is 3. The quantitative estimate of drug-likeness (QED) is 0.641. The second kappa shape index (κ2) is 7.00. The number of halogens is 2. The van der Waals surface area contributed by atoms with E-state index >= 15 is 0 Å². The van der Waals surface area contributed by atoms with Crippen molar-refractivity contribution >= 4 is 63.7 Å². The second-order valence-electron chi connectivity index (χ2n) is 4.65. The van der Waals surface area contributed by atoms with Gasteiger partial charge < -0.3 is 0 Å². The maximum atomic E-state index is 11.9. The number of aromatic nitrogens is 2. The number of nitrogens with zero attached hydrogens (tertiary/aromatic N) is 3. The lowest BCUT2D eigenvalue weighted by Gasteiger charge is -2.17. The van der Waals surface area contributed by atoms with Crippen LogP contribution in [-0.2, 0) is 0 Å².